The molecule has 0 amide bonds. The molecule has 0 aliphatic rings. The smallest absolute Gasteiger partial charge is 0.134 e. The zero-order valence-electron chi connectivity index (χ0n) is 17.7. The molecular formula is C28H27NO. The number of aromatic nitrogens is 1. The summed E-state index contributed by atoms with van der Waals surface area (Å²) in [5.74, 6) is 0.162. The van der Waals surface area contributed by atoms with Crippen molar-refractivity contribution in [2.75, 3.05) is 0 Å². The highest BCUT2D eigenvalue weighted by atomic mass is 16.1. The highest BCUT2D eigenvalue weighted by Crippen LogP contribution is 2.28. The summed E-state index contributed by atoms with van der Waals surface area (Å²) in [6, 6.07) is 27.5. The van der Waals surface area contributed by atoms with Gasteiger partial charge in [-0.05, 0) is 54.2 Å². The number of fused-ring (bicyclic) bond motifs is 1. The fourth-order valence-electron chi connectivity index (χ4n) is 3.89. The number of hydrogen-bond donors (Lipinski definition) is 0. The monoisotopic (exact) mass is 393 g/mol. The molecule has 1 aromatic heterocycles. The second-order valence-corrected chi connectivity index (χ2v) is 7.94. The molecule has 0 unspecified atom stereocenters. The van der Waals surface area contributed by atoms with E-state index in [9.17, 15) is 4.79 Å². The molecule has 0 fully saturated rings. The average Bonchev–Trinajstić information content (AvgIpc) is 2.78. The molecule has 0 saturated carbocycles. The third kappa shape index (κ3) is 4.49. The average molecular weight is 394 g/mol. The van der Waals surface area contributed by atoms with Gasteiger partial charge in [-0.25, -0.2) is 4.98 Å². The van der Waals surface area contributed by atoms with Gasteiger partial charge in [0.2, 0.25) is 0 Å². The summed E-state index contributed by atoms with van der Waals surface area (Å²) in [4.78, 5) is 16.6. The van der Waals surface area contributed by atoms with E-state index in [-0.39, 0.29) is 5.78 Å². The molecule has 0 spiro atoms. The molecule has 0 aliphatic carbocycles. The third-order valence-corrected chi connectivity index (χ3v) is 5.53. The second kappa shape index (κ2) is 9.04. The Balaban J connectivity index is 1.64. The van der Waals surface area contributed by atoms with Crippen molar-refractivity contribution in [3.05, 3.63) is 90.0 Å². The van der Waals surface area contributed by atoms with E-state index in [4.69, 9.17) is 4.98 Å². The van der Waals surface area contributed by atoms with Gasteiger partial charge in [-0.2, -0.15) is 0 Å². The molecule has 0 radical (unpaired) electrons. The SMILES string of the molecule is CCCCc1ccc(-c2ccc(-c3cc(CC(C)=O)c4ccccc4n3)cc2)cc1. The highest BCUT2D eigenvalue weighted by Gasteiger charge is 2.09. The summed E-state index contributed by atoms with van der Waals surface area (Å²) in [6.45, 7) is 3.86. The van der Waals surface area contributed by atoms with E-state index >= 15 is 0 Å². The van der Waals surface area contributed by atoms with Crippen molar-refractivity contribution in [1.29, 1.82) is 0 Å². The fourth-order valence-corrected chi connectivity index (χ4v) is 3.89. The molecule has 3 aromatic carbocycles. The van der Waals surface area contributed by atoms with E-state index in [1.807, 2.05) is 24.3 Å². The van der Waals surface area contributed by atoms with Crippen molar-refractivity contribution >= 4 is 16.7 Å². The van der Waals surface area contributed by atoms with E-state index in [1.54, 1.807) is 6.92 Å². The number of nitrogens with zero attached hydrogens (tertiary/aromatic N) is 1. The number of Topliss-reactive ketones (excluding diaryl/α,β-unsaturated/α-hetero) is 1. The molecule has 30 heavy (non-hydrogen) atoms. The van der Waals surface area contributed by atoms with Crippen molar-refractivity contribution in [3.63, 3.8) is 0 Å². The summed E-state index contributed by atoms with van der Waals surface area (Å²) in [7, 11) is 0. The van der Waals surface area contributed by atoms with Crippen LogP contribution in [0.15, 0.2) is 78.9 Å². The van der Waals surface area contributed by atoms with Crippen LogP contribution in [0.2, 0.25) is 0 Å². The van der Waals surface area contributed by atoms with Crippen LogP contribution < -0.4 is 0 Å². The van der Waals surface area contributed by atoms with Crippen molar-refractivity contribution in [3.8, 4) is 22.4 Å². The van der Waals surface area contributed by atoms with E-state index in [1.165, 1.54) is 29.5 Å². The molecule has 0 atom stereocenters. The Hall–Kier alpha value is -3.26. The molecule has 150 valence electrons. The number of ketones is 1. The van der Waals surface area contributed by atoms with Crippen molar-refractivity contribution in [2.45, 2.75) is 39.5 Å². The first-order valence-corrected chi connectivity index (χ1v) is 10.7. The number of rotatable bonds is 7. The molecule has 4 aromatic rings. The normalized spacial score (nSPS) is 11.0. The zero-order valence-corrected chi connectivity index (χ0v) is 17.7. The van der Waals surface area contributed by atoms with E-state index < -0.39 is 0 Å². The number of benzene rings is 3. The number of hydrogen-bond acceptors (Lipinski definition) is 2. The van der Waals surface area contributed by atoms with Crippen molar-refractivity contribution < 1.29 is 4.79 Å². The number of carbonyl (C=O) groups excluding carboxylic acids is 1. The van der Waals surface area contributed by atoms with Gasteiger partial charge < -0.3 is 0 Å². The van der Waals surface area contributed by atoms with Crippen LogP contribution in [0.25, 0.3) is 33.3 Å². The van der Waals surface area contributed by atoms with Crippen molar-refractivity contribution in [1.82, 2.24) is 4.98 Å². The third-order valence-electron chi connectivity index (χ3n) is 5.53. The van der Waals surface area contributed by atoms with Gasteiger partial charge in [0.15, 0.2) is 0 Å². The maximum Gasteiger partial charge on any atom is 0.134 e. The number of aryl methyl sites for hydroxylation is 1. The maximum atomic E-state index is 11.8. The Labute approximate surface area is 178 Å². The lowest BCUT2D eigenvalue weighted by Crippen LogP contribution is -1.99. The van der Waals surface area contributed by atoms with Crippen LogP contribution in [-0.2, 0) is 17.6 Å². The predicted molar refractivity (Wildman–Crippen MR) is 126 cm³/mol. The number of unbranched alkanes of at least 4 members (excludes halogenated alkanes) is 1. The van der Waals surface area contributed by atoms with Gasteiger partial charge in [0.05, 0.1) is 11.2 Å². The lowest BCUT2D eigenvalue weighted by Gasteiger charge is -2.10. The summed E-state index contributed by atoms with van der Waals surface area (Å²) in [5, 5.41) is 1.05. The van der Waals surface area contributed by atoms with Gasteiger partial charge in [0, 0.05) is 17.4 Å². The minimum absolute atomic E-state index is 0.162. The summed E-state index contributed by atoms with van der Waals surface area (Å²) in [6.07, 6.45) is 4.03. The van der Waals surface area contributed by atoms with Gasteiger partial charge in [0.25, 0.3) is 0 Å². The molecule has 0 N–H and O–H groups in total. The summed E-state index contributed by atoms with van der Waals surface area (Å²) >= 11 is 0. The van der Waals surface area contributed by atoms with E-state index in [0.717, 1.165) is 34.1 Å². The first kappa shape index (κ1) is 20.0. The molecule has 2 heteroatoms. The number of carbonyl (C=O) groups is 1. The van der Waals surface area contributed by atoms with E-state index in [2.05, 4.69) is 61.5 Å². The molecular weight excluding hydrogens is 366 g/mol. The molecule has 0 aliphatic heterocycles. The van der Waals surface area contributed by atoms with Crippen LogP contribution >= 0.6 is 0 Å². The van der Waals surface area contributed by atoms with Gasteiger partial charge in [0.1, 0.15) is 5.78 Å². The molecule has 0 saturated heterocycles. The Morgan fingerprint density at radius 1 is 0.833 bits per heavy atom. The number of pyridine rings is 1. The van der Waals surface area contributed by atoms with Crippen molar-refractivity contribution in [2.24, 2.45) is 0 Å². The van der Waals surface area contributed by atoms with Gasteiger partial charge in [-0.3, -0.25) is 4.79 Å². The molecule has 0 bridgehead atoms. The van der Waals surface area contributed by atoms with Crippen LogP contribution in [0.3, 0.4) is 0 Å². The van der Waals surface area contributed by atoms with Crippen LogP contribution in [0.4, 0.5) is 0 Å². The maximum absolute atomic E-state index is 11.8. The summed E-state index contributed by atoms with van der Waals surface area (Å²) in [5.41, 5.74) is 7.76. The zero-order chi connectivity index (χ0) is 20.9. The van der Waals surface area contributed by atoms with Crippen LogP contribution in [-0.4, -0.2) is 10.8 Å². The predicted octanol–water partition coefficient (Wildman–Crippen LogP) is 7.04. The highest BCUT2D eigenvalue weighted by molar-refractivity contribution is 5.90. The first-order chi connectivity index (χ1) is 14.6. The quantitative estimate of drug-likeness (QED) is 0.337. The minimum atomic E-state index is 0.162. The molecule has 4 rings (SSSR count). The topological polar surface area (TPSA) is 30.0 Å². The van der Waals surface area contributed by atoms with Crippen LogP contribution in [0.5, 0.6) is 0 Å². The van der Waals surface area contributed by atoms with Crippen LogP contribution in [0, 0.1) is 0 Å². The Morgan fingerprint density at radius 2 is 1.47 bits per heavy atom. The lowest BCUT2D eigenvalue weighted by molar-refractivity contribution is -0.116. The Morgan fingerprint density at radius 3 is 2.13 bits per heavy atom. The Bertz CT molecular complexity index is 1160. The molecule has 1 heterocycles. The largest absolute Gasteiger partial charge is 0.300 e. The molecule has 2 nitrogen and oxygen atoms in total. The Kier molecular flexibility index (Phi) is 6.04. The first-order valence-electron chi connectivity index (χ1n) is 10.7. The summed E-state index contributed by atoms with van der Waals surface area (Å²) < 4.78 is 0. The van der Waals surface area contributed by atoms with Gasteiger partial charge in [-0.15, -0.1) is 0 Å². The second-order valence-electron chi connectivity index (χ2n) is 7.94. The van der Waals surface area contributed by atoms with E-state index in [0.29, 0.717) is 6.42 Å². The minimum Gasteiger partial charge on any atom is -0.300 e. The fraction of sp³-hybridized carbons (Fsp3) is 0.214. The standard InChI is InChI=1S/C28H27NO/c1-3-4-7-21-10-12-22(13-11-21)23-14-16-24(17-15-23)28-19-25(18-20(2)30)26-8-5-6-9-27(26)29-28/h5-6,8-17,19H,3-4,7,18H2,1-2H3. The lowest BCUT2D eigenvalue weighted by atomic mass is 9.98. The van der Waals surface area contributed by atoms with Gasteiger partial charge in [-0.1, -0.05) is 80.1 Å². The van der Waals surface area contributed by atoms with Gasteiger partial charge >= 0.3 is 0 Å². The number of para-hydroxylation sites is 1. The van der Waals surface area contributed by atoms with Crippen LogP contribution in [0.1, 0.15) is 37.8 Å².